The van der Waals surface area contributed by atoms with Gasteiger partial charge in [0.25, 0.3) is 0 Å². The Labute approximate surface area is 164 Å². The zero-order chi connectivity index (χ0) is 18.4. The van der Waals surface area contributed by atoms with Crippen molar-refractivity contribution in [2.75, 3.05) is 19.8 Å². The van der Waals surface area contributed by atoms with Crippen LogP contribution in [0.5, 0.6) is 5.75 Å². The predicted molar refractivity (Wildman–Crippen MR) is 108 cm³/mol. The van der Waals surface area contributed by atoms with E-state index in [1.807, 2.05) is 19.2 Å². The SMILES string of the molecule is CCOc1ccc(C2Cc3sc(Cl)cc3CCOCCCC(C)N2)nc1. The van der Waals surface area contributed by atoms with E-state index in [1.165, 1.54) is 10.4 Å². The molecule has 1 aliphatic heterocycles. The summed E-state index contributed by atoms with van der Waals surface area (Å²) < 4.78 is 12.1. The topological polar surface area (TPSA) is 43.4 Å². The van der Waals surface area contributed by atoms with Crippen molar-refractivity contribution in [3.8, 4) is 5.75 Å². The lowest BCUT2D eigenvalue weighted by Gasteiger charge is -2.24. The van der Waals surface area contributed by atoms with Gasteiger partial charge in [0.15, 0.2) is 0 Å². The van der Waals surface area contributed by atoms with E-state index in [4.69, 9.17) is 21.1 Å². The Morgan fingerprint density at radius 3 is 3.04 bits per heavy atom. The molecule has 0 radical (unpaired) electrons. The zero-order valence-electron chi connectivity index (χ0n) is 15.5. The lowest BCUT2D eigenvalue weighted by molar-refractivity contribution is 0.130. The van der Waals surface area contributed by atoms with E-state index in [0.29, 0.717) is 12.6 Å². The van der Waals surface area contributed by atoms with Gasteiger partial charge in [0.1, 0.15) is 5.75 Å². The van der Waals surface area contributed by atoms with E-state index < -0.39 is 0 Å². The second kappa shape index (κ2) is 9.70. The second-order valence-electron chi connectivity index (χ2n) is 6.68. The number of ether oxygens (including phenoxy) is 2. The second-order valence-corrected chi connectivity index (χ2v) is 8.45. The van der Waals surface area contributed by atoms with Gasteiger partial charge in [0, 0.05) is 23.9 Å². The molecule has 0 bridgehead atoms. The van der Waals surface area contributed by atoms with Gasteiger partial charge >= 0.3 is 0 Å². The van der Waals surface area contributed by atoms with Crippen molar-refractivity contribution >= 4 is 22.9 Å². The number of hydrogen-bond acceptors (Lipinski definition) is 5. The van der Waals surface area contributed by atoms with Crippen LogP contribution in [0, 0.1) is 0 Å². The summed E-state index contributed by atoms with van der Waals surface area (Å²) in [5.41, 5.74) is 2.34. The Morgan fingerprint density at radius 2 is 2.27 bits per heavy atom. The highest BCUT2D eigenvalue weighted by molar-refractivity contribution is 7.16. The van der Waals surface area contributed by atoms with Crippen LogP contribution in [-0.4, -0.2) is 30.8 Å². The largest absolute Gasteiger partial charge is 0.492 e. The first-order valence-corrected chi connectivity index (χ1v) is 10.5. The summed E-state index contributed by atoms with van der Waals surface area (Å²) in [4.78, 5) is 5.98. The van der Waals surface area contributed by atoms with Crippen LogP contribution in [-0.2, 0) is 17.6 Å². The van der Waals surface area contributed by atoms with Gasteiger partial charge in [0.05, 0.1) is 35.5 Å². The quantitative estimate of drug-likeness (QED) is 0.811. The van der Waals surface area contributed by atoms with Gasteiger partial charge in [-0.15, -0.1) is 11.3 Å². The highest BCUT2D eigenvalue weighted by Crippen LogP contribution is 2.31. The maximum atomic E-state index is 6.31. The molecule has 2 atom stereocenters. The van der Waals surface area contributed by atoms with E-state index in [2.05, 4.69) is 29.4 Å². The molecule has 0 saturated heterocycles. The standard InChI is InChI=1S/C20H27ClN2O2S/c1-3-25-16-6-7-17(22-13-16)18-12-19-15(11-20(21)26-19)8-10-24-9-4-5-14(2)23-18/h6-7,11,13-14,18,23H,3-5,8-10,12H2,1-2H3. The number of pyridine rings is 1. The molecule has 4 nitrogen and oxygen atoms in total. The molecule has 6 heteroatoms. The van der Waals surface area contributed by atoms with E-state index in [-0.39, 0.29) is 6.04 Å². The number of thiophene rings is 1. The molecule has 1 N–H and O–H groups in total. The molecule has 0 aromatic carbocycles. The normalized spacial score (nSPS) is 22.1. The van der Waals surface area contributed by atoms with Crippen molar-refractivity contribution in [3.05, 3.63) is 44.9 Å². The number of hydrogen-bond donors (Lipinski definition) is 1. The van der Waals surface area contributed by atoms with Crippen molar-refractivity contribution in [1.29, 1.82) is 0 Å². The molecular formula is C20H27ClN2O2S. The maximum absolute atomic E-state index is 6.31. The van der Waals surface area contributed by atoms with Gasteiger partial charge in [-0.2, -0.15) is 0 Å². The molecule has 1 aliphatic rings. The molecule has 2 aromatic heterocycles. The minimum atomic E-state index is 0.162. The monoisotopic (exact) mass is 394 g/mol. The summed E-state index contributed by atoms with van der Waals surface area (Å²) in [5, 5.41) is 3.76. The van der Waals surface area contributed by atoms with E-state index in [9.17, 15) is 0 Å². The van der Waals surface area contributed by atoms with Crippen LogP contribution in [0.15, 0.2) is 24.4 Å². The van der Waals surface area contributed by atoms with Gasteiger partial charge in [-0.25, -0.2) is 0 Å². The van der Waals surface area contributed by atoms with Gasteiger partial charge in [-0.1, -0.05) is 11.6 Å². The fraction of sp³-hybridized carbons (Fsp3) is 0.550. The summed E-state index contributed by atoms with van der Waals surface area (Å²) in [6.45, 7) is 6.43. The number of nitrogens with one attached hydrogen (secondary N) is 1. The van der Waals surface area contributed by atoms with Crippen LogP contribution >= 0.6 is 22.9 Å². The molecule has 0 spiro atoms. The average Bonchev–Trinajstić information content (AvgIpc) is 2.96. The third-order valence-electron chi connectivity index (χ3n) is 4.61. The first kappa shape index (κ1) is 19.6. The van der Waals surface area contributed by atoms with Crippen LogP contribution in [0.25, 0.3) is 0 Å². The molecule has 0 saturated carbocycles. The van der Waals surface area contributed by atoms with Crippen LogP contribution < -0.4 is 10.1 Å². The minimum Gasteiger partial charge on any atom is -0.492 e. The van der Waals surface area contributed by atoms with Crippen LogP contribution in [0.1, 0.15) is 48.9 Å². The van der Waals surface area contributed by atoms with Crippen molar-refractivity contribution < 1.29 is 9.47 Å². The van der Waals surface area contributed by atoms with Crippen LogP contribution in [0.2, 0.25) is 4.34 Å². The highest BCUT2D eigenvalue weighted by atomic mass is 35.5. The summed E-state index contributed by atoms with van der Waals surface area (Å²) in [7, 11) is 0. The molecule has 142 valence electrons. The number of fused-ring (bicyclic) bond motifs is 1. The molecule has 0 fully saturated rings. The number of nitrogens with zero attached hydrogens (tertiary/aromatic N) is 1. The minimum absolute atomic E-state index is 0.162. The van der Waals surface area contributed by atoms with Crippen molar-refractivity contribution in [1.82, 2.24) is 10.3 Å². The Morgan fingerprint density at radius 1 is 1.38 bits per heavy atom. The summed E-state index contributed by atoms with van der Waals surface area (Å²) >= 11 is 7.98. The van der Waals surface area contributed by atoms with Crippen LogP contribution in [0.3, 0.4) is 0 Å². The molecule has 0 amide bonds. The third-order valence-corrected chi connectivity index (χ3v) is 5.94. The van der Waals surface area contributed by atoms with E-state index >= 15 is 0 Å². The molecule has 2 aromatic rings. The summed E-state index contributed by atoms with van der Waals surface area (Å²) in [6.07, 6.45) is 5.77. The Kier molecular flexibility index (Phi) is 7.32. The van der Waals surface area contributed by atoms with E-state index in [1.54, 1.807) is 11.3 Å². The van der Waals surface area contributed by atoms with Gasteiger partial charge < -0.3 is 14.8 Å². The average molecular weight is 395 g/mol. The molecule has 26 heavy (non-hydrogen) atoms. The van der Waals surface area contributed by atoms with E-state index in [0.717, 1.165) is 54.7 Å². The Hall–Kier alpha value is -1.14. The molecular weight excluding hydrogens is 368 g/mol. The first-order valence-electron chi connectivity index (χ1n) is 9.35. The summed E-state index contributed by atoms with van der Waals surface area (Å²) in [6, 6.07) is 6.72. The lowest BCUT2D eigenvalue weighted by Crippen LogP contribution is -2.33. The predicted octanol–water partition coefficient (Wildman–Crippen LogP) is 4.81. The van der Waals surface area contributed by atoms with Crippen LogP contribution in [0.4, 0.5) is 0 Å². The molecule has 3 heterocycles. The van der Waals surface area contributed by atoms with Crippen molar-refractivity contribution in [2.24, 2.45) is 0 Å². The first-order chi connectivity index (χ1) is 12.7. The summed E-state index contributed by atoms with van der Waals surface area (Å²) in [5.74, 6) is 0.814. The lowest BCUT2D eigenvalue weighted by atomic mass is 10.0. The Bertz CT molecular complexity index is 690. The number of rotatable bonds is 3. The molecule has 0 aliphatic carbocycles. The maximum Gasteiger partial charge on any atom is 0.137 e. The van der Waals surface area contributed by atoms with Crippen molar-refractivity contribution in [3.63, 3.8) is 0 Å². The zero-order valence-corrected chi connectivity index (χ0v) is 17.0. The number of aromatic nitrogens is 1. The third kappa shape index (κ3) is 5.43. The highest BCUT2D eigenvalue weighted by Gasteiger charge is 2.20. The molecule has 2 unspecified atom stereocenters. The fourth-order valence-corrected chi connectivity index (χ4v) is 4.69. The molecule has 3 rings (SSSR count). The van der Waals surface area contributed by atoms with Gasteiger partial charge in [0.2, 0.25) is 0 Å². The smallest absolute Gasteiger partial charge is 0.137 e. The van der Waals surface area contributed by atoms with Crippen molar-refractivity contribution in [2.45, 2.75) is 51.6 Å². The Balaban J connectivity index is 1.85. The number of halogens is 1. The van der Waals surface area contributed by atoms with Gasteiger partial charge in [-0.3, -0.25) is 4.98 Å². The van der Waals surface area contributed by atoms with Gasteiger partial charge in [-0.05, 0) is 56.9 Å². The fourth-order valence-electron chi connectivity index (χ4n) is 3.30.